The number of nitrogens with zero attached hydrogens (tertiary/aromatic N) is 1. The van der Waals surface area contributed by atoms with Crippen LogP contribution in [0.3, 0.4) is 0 Å². The molecular formula is C16H26FN3O. The Kier molecular flexibility index (Phi) is 5.17. The summed E-state index contributed by atoms with van der Waals surface area (Å²) in [6.45, 7) is 6.64. The quantitative estimate of drug-likeness (QED) is 0.799. The van der Waals surface area contributed by atoms with E-state index < -0.39 is 0 Å². The molecular weight excluding hydrogens is 269 g/mol. The first kappa shape index (κ1) is 16.2. The largest absolute Gasteiger partial charge is 0.393 e. The second kappa shape index (κ2) is 6.71. The van der Waals surface area contributed by atoms with Gasteiger partial charge in [0.1, 0.15) is 0 Å². The van der Waals surface area contributed by atoms with Crippen molar-refractivity contribution in [3.05, 3.63) is 23.6 Å². The third kappa shape index (κ3) is 4.93. The molecule has 3 N–H and O–H groups in total. The lowest BCUT2D eigenvalue weighted by Crippen LogP contribution is -2.35. The number of hydrogen-bond donors (Lipinski definition) is 3. The molecule has 2 rings (SSSR count). The molecule has 1 aromatic rings. The van der Waals surface area contributed by atoms with E-state index >= 15 is 0 Å². The van der Waals surface area contributed by atoms with E-state index in [1.807, 2.05) is 0 Å². The highest BCUT2D eigenvalue weighted by Crippen LogP contribution is 2.23. The van der Waals surface area contributed by atoms with Gasteiger partial charge in [0.25, 0.3) is 0 Å². The molecule has 1 fully saturated rings. The predicted molar refractivity (Wildman–Crippen MR) is 82.7 cm³/mol. The Morgan fingerprint density at radius 1 is 1.29 bits per heavy atom. The summed E-state index contributed by atoms with van der Waals surface area (Å²) in [7, 11) is 0. The van der Waals surface area contributed by atoms with Crippen molar-refractivity contribution in [1.82, 2.24) is 10.3 Å². The van der Waals surface area contributed by atoms with Crippen LogP contribution in [0.25, 0.3) is 0 Å². The molecule has 1 saturated carbocycles. The normalized spacial score (nSPS) is 23.1. The van der Waals surface area contributed by atoms with Crippen LogP contribution < -0.4 is 10.6 Å². The van der Waals surface area contributed by atoms with Crippen molar-refractivity contribution in [3.63, 3.8) is 0 Å². The number of halogens is 1. The van der Waals surface area contributed by atoms with Gasteiger partial charge in [-0.25, -0.2) is 9.37 Å². The average Bonchev–Trinajstić information content (AvgIpc) is 2.41. The van der Waals surface area contributed by atoms with Crippen LogP contribution in [0.4, 0.5) is 10.2 Å². The van der Waals surface area contributed by atoms with Crippen molar-refractivity contribution in [2.75, 3.05) is 5.32 Å². The average molecular weight is 295 g/mol. The molecule has 0 aromatic carbocycles. The maximum Gasteiger partial charge on any atom is 0.169 e. The van der Waals surface area contributed by atoms with E-state index in [-0.39, 0.29) is 23.5 Å². The summed E-state index contributed by atoms with van der Waals surface area (Å²) in [6, 6.07) is 1.91. The van der Waals surface area contributed by atoms with E-state index in [2.05, 4.69) is 36.4 Å². The Morgan fingerprint density at radius 3 is 2.57 bits per heavy atom. The summed E-state index contributed by atoms with van der Waals surface area (Å²) in [6.07, 6.45) is 4.68. The summed E-state index contributed by atoms with van der Waals surface area (Å²) >= 11 is 0. The zero-order valence-electron chi connectivity index (χ0n) is 13.1. The van der Waals surface area contributed by atoms with Gasteiger partial charge < -0.3 is 15.7 Å². The van der Waals surface area contributed by atoms with Crippen LogP contribution in [-0.2, 0) is 6.54 Å². The topological polar surface area (TPSA) is 57.2 Å². The zero-order chi connectivity index (χ0) is 15.5. The summed E-state index contributed by atoms with van der Waals surface area (Å²) < 4.78 is 14.5. The molecule has 1 aliphatic rings. The van der Waals surface area contributed by atoms with E-state index in [0.717, 1.165) is 25.7 Å². The molecule has 0 saturated heterocycles. The highest BCUT2D eigenvalue weighted by Gasteiger charge is 2.21. The van der Waals surface area contributed by atoms with Crippen molar-refractivity contribution < 1.29 is 9.50 Å². The molecule has 1 aromatic heterocycles. The van der Waals surface area contributed by atoms with Crippen LogP contribution in [0.5, 0.6) is 0 Å². The molecule has 21 heavy (non-hydrogen) atoms. The van der Waals surface area contributed by atoms with Gasteiger partial charge in [0.15, 0.2) is 11.6 Å². The maximum atomic E-state index is 14.5. The smallest absolute Gasteiger partial charge is 0.169 e. The molecule has 0 radical (unpaired) electrons. The van der Waals surface area contributed by atoms with Crippen molar-refractivity contribution in [1.29, 1.82) is 0 Å². The second-order valence-corrected chi connectivity index (χ2v) is 6.89. The number of rotatable bonds is 4. The molecule has 0 bridgehead atoms. The third-order valence-electron chi connectivity index (χ3n) is 3.82. The van der Waals surface area contributed by atoms with E-state index in [1.54, 1.807) is 12.3 Å². The van der Waals surface area contributed by atoms with Crippen LogP contribution in [0, 0.1) is 5.82 Å². The first-order valence-electron chi connectivity index (χ1n) is 7.68. The summed E-state index contributed by atoms with van der Waals surface area (Å²) in [5.74, 6) is 0.0463. The number of anilines is 1. The van der Waals surface area contributed by atoms with Gasteiger partial charge in [-0.05, 0) is 52.5 Å². The van der Waals surface area contributed by atoms with Gasteiger partial charge in [-0.15, -0.1) is 0 Å². The van der Waals surface area contributed by atoms with E-state index in [1.165, 1.54) is 0 Å². The van der Waals surface area contributed by atoms with Crippen molar-refractivity contribution >= 4 is 5.82 Å². The lowest BCUT2D eigenvalue weighted by atomic mass is 9.93. The minimum Gasteiger partial charge on any atom is -0.393 e. The Hall–Kier alpha value is -1.20. The molecule has 1 heterocycles. The highest BCUT2D eigenvalue weighted by atomic mass is 19.1. The fourth-order valence-corrected chi connectivity index (χ4v) is 2.49. The van der Waals surface area contributed by atoms with Gasteiger partial charge in [0.2, 0.25) is 0 Å². The Labute approximate surface area is 126 Å². The summed E-state index contributed by atoms with van der Waals surface area (Å²) in [5.41, 5.74) is 0.571. The van der Waals surface area contributed by atoms with Gasteiger partial charge in [0, 0.05) is 29.9 Å². The molecule has 118 valence electrons. The van der Waals surface area contributed by atoms with Crippen LogP contribution >= 0.6 is 0 Å². The van der Waals surface area contributed by atoms with E-state index in [4.69, 9.17) is 0 Å². The summed E-state index contributed by atoms with van der Waals surface area (Å²) in [5, 5.41) is 16.0. The monoisotopic (exact) mass is 295 g/mol. The third-order valence-corrected chi connectivity index (χ3v) is 3.82. The lowest BCUT2D eigenvalue weighted by Gasteiger charge is -2.27. The predicted octanol–water partition coefficient (Wildman–Crippen LogP) is 2.82. The van der Waals surface area contributed by atoms with Crippen molar-refractivity contribution in [2.45, 2.75) is 70.7 Å². The molecule has 0 unspecified atom stereocenters. The van der Waals surface area contributed by atoms with Gasteiger partial charge in [0.05, 0.1) is 6.10 Å². The van der Waals surface area contributed by atoms with Crippen molar-refractivity contribution in [2.24, 2.45) is 0 Å². The first-order valence-corrected chi connectivity index (χ1v) is 7.68. The number of aromatic nitrogens is 1. The SMILES string of the molecule is CC(C)(C)NCc1ccnc(NC2CCC(O)CC2)c1F. The van der Waals surface area contributed by atoms with Crippen molar-refractivity contribution in [3.8, 4) is 0 Å². The van der Waals surface area contributed by atoms with Crippen LogP contribution in [0.1, 0.15) is 52.0 Å². The molecule has 0 atom stereocenters. The fraction of sp³-hybridized carbons (Fsp3) is 0.688. The molecule has 5 heteroatoms. The molecule has 0 aliphatic heterocycles. The van der Waals surface area contributed by atoms with Gasteiger partial charge in [-0.1, -0.05) is 0 Å². The standard InChI is InChI=1S/C16H26FN3O/c1-16(2,3)19-10-11-8-9-18-15(14(11)17)20-12-4-6-13(21)7-5-12/h8-9,12-13,19,21H,4-7,10H2,1-3H3,(H,18,20). The molecule has 1 aliphatic carbocycles. The number of hydrogen-bond acceptors (Lipinski definition) is 4. The molecule has 0 amide bonds. The Bertz CT molecular complexity index is 465. The van der Waals surface area contributed by atoms with Gasteiger partial charge >= 0.3 is 0 Å². The lowest BCUT2D eigenvalue weighted by molar-refractivity contribution is 0.126. The Morgan fingerprint density at radius 2 is 1.95 bits per heavy atom. The number of pyridine rings is 1. The minimum absolute atomic E-state index is 0.0528. The summed E-state index contributed by atoms with van der Waals surface area (Å²) in [4.78, 5) is 4.12. The van der Waals surface area contributed by atoms with Crippen LogP contribution in [-0.4, -0.2) is 27.8 Å². The maximum absolute atomic E-state index is 14.5. The molecule has 0 spiro atoms. The number of nitrogens with one attached hydrogen (secondary N) is 2. The van der Waals surface area contributed by atoms with E-state index in [0.29, 0.717) is 17.9 Å². The highest BCUT2D eigenvalue weighted by molar-refractivity contribution is 5.41. The molecule has 4 nitrogen and oxygen atoms in total. The van der Waals surface area contributed by atoms with Gasteiger partial charge in [-0.3, -0.25) is 0 Å². The van der Waals surface area contributed by atoms with Crippen LogP contribution in [0.15, 0.2) is 12.3 Å². The minimum atomic E-state index is -0.277. The fourth-order valence-electron chi connectivity index (χ4n) is 2.49. The van der Waals surface area contributed by atoms with Gasteiger partial charge in [-0.2, -0.15) is 0 Å². The van der Waals surface area contributed by atoms with E-state index in [9.17, 15) is 9.50 Å². The first-order chi connectivity index (χ1) is 9.85. The number of aliphatic hydroxyl groups excluding tert-OH is 1. The van der Waals surface area contributed by atoms with Crippen LogP contribution in [0.2, 0.25) is 0 Å². The Balaban J connectivity index is 2.00. The second-order valence-electron chi connectivity index (χ2n) is 6.89. The number of aliphatic hydroxyl groups is 1. The zero-order valence-corrected chi connectivity index (χ0v) is 13.1.